The molecule has 4 aliphatic rings. The van der Waals surface area contributed by atoms with Gasteiger partial charge in [0.1, 0.15) is 12.2 Å². The second-order valence-corrected chi connectivity index (χ2v) is 13.1. The van der Waals surface area contributed by atoms with Crippen LogP contribution in [0.1, 0.15) is 45.6 Å². The van der Waals surface area contributed by atoms with Gasteiger partial charge in [-0.05, 0) is 46.5 Å². The summed E-state index contributed by atoms with van der Waals surface area (Å²) < 4.78 is 24.9. The minimum Gasteiger partial charge on any atom is -0.419 e. The number of esters is 2. The Morgan fingerprint density at radius 3 is 1.48 bits per heavy atom. The predicted molar refractivity (Wildman–Crippen MR) is 170 cm³/mol. The molecule has 0 aromatic heterocycles. The van der Waals surface area contributed by atoms with Gasteiger partial charge in [0, 0.05) is 47.4 Å². The summed E-state index contributed by atoms with van der Waals surface area (Å²) >= 11 is 12.7. The Kier molecular flexibility index (Phi) is 7.40. The van der Waals surface area contributed by atoms with Crippen LogP contribution in [-0.4, -0.2) is 47.9 Å². The van der Waals surface area contributed by atoms with Gasteiger partial charge in [-0.1, -0.05) is 96.0 Å². The Bertz CT molecular complexity index is 1690. The van der Waals surface area contributed by atoms with Crippen LogP contribution in [0.3, 0.4) is 0 Å². The fraction of sp³-hybridized carbons (Fsp3) is 0.278. The van der Waals surface area contributed by atoms with Gasteiger partial charge in [0.05, 0.1) is 13.1 Å². The van der Waals surface area contributed by atoms with Crippen LogP contribution < -0.4 is 0 Å². The summed E-state index contributed by atoms with van der Waals surface area (Å²) in [5, 5.41) is 1.10. The van der Waals surface area contributed by atoms with Gasteiger partial charge in [-0.25, -0.2) is 9.59 Å². The van der Waals surface area contributed by atoms with E-state index in [9.17, 15) is 9.59 Å². The highest BCUT2D eigenvalue weighted by atomic mass is 35.5. The average Bonchev–Trinajstić information content (AvgIpc) is 3.39. The first kappa shape index (κ1) is 29.6. The molecule has 2 saturated heterocycles. The number of hydrogen-bond acceptors (Lipinski definition) is 8. The second-order valence-electron chi connectivity index (χ2n) is 12.3. The number of carbonyl (C=O) groups excluding carboxylic acids is 2. The van der Waals surface area contributed by atoms with Crippen molar-refractivity contribution in [2.45, 2.75) is 36.9 Å². The number of ether oxygens (including phenoxy) is 4. The van der Waals surface area contributed by atoms with Crippen molar-refractivity contribution in [2.24, 2.45) is 0 Å². The van der Waals surface area contributed by atoms with Gasteiger partial charge in [0.2, 0.25) is 0 Å². The number of benzene rings is 4. The van der Waals surface area contributed by atoms with E-state index in [1.807, 2.05) is 72.8 Å². The van der Waals surface area contributed by atoms with E-state index in [0.717, 1.165) is 22.3 Å². The number of fused-ring (bicyclic) bond motifs is 10. The largest absolute Gasteiger partial charge is 0.420 e. The molecule has 4 bridgehead atoms. The summed E-state index contributed by atoms with van der Waals surface area (Å²) in [5.74, 6) is -5.36. The minimum atomic E-state index is -1.51. The molecule has 0 radical (unpaired) electrons. The number of rotatable bonds is 6. The van der Waals surface area contributed by atoms with E-state index in [1.54, 1.807) is 24.3 Å². The molecule has 8 nitrogen and oxygen atoms in total. The molecule has 0 spiro atoms. The fourth-order valence-corrected chi connectivity index (χ4v) is 7.60. The van der Waals surface area contributed by atoms with E-state index < -0.39 is 35.7 Å². The van der Waals surface area contributed by atoms with Crippen molar-refractivity contribution in [1.29, 1.82) is 0 Å². The topological polar surface area (TPSA) is 77.5 Å². The minimum absolute atomic E-state index is 0.224. The van der Waals surface area contributed by atoms with E-state index in [-0.39, 0.29) is 13.1 Å². The van der Waals surface area contributed by atoms with Crippen LogP contribution in [0.5, 0.6) is 0 Å². The molecule has 4 aromatic carbocycles. The van der Waals surface area contributed by atoms with Gasteiger partial charge in [-0.3, -0.25) is 9.80 Å². The number of morpholine rings is 2. The fourth-order valence-electron chi connectivity index (χ4n) is 7.24. The highest BCUT2D eigenvalue weighted by molar-refractivity contribution is 6.31. The number of nitrogens with zero attached hydrogens (tertiary/aromatic N) is 2. The van der Waals surface area contributed by atoms with Gasteiger partial charge in [-0.15, -0.1) is 0 Å². The van der Waals surface area contributed by atoms with Crippen LogP contribution in [0, 0.1) is 0 Å². The third-order valence-electron chi connectivity index (χ3n) is 9.10. The molecule has 4 aliphatic heterocycles. The van der Waals surface area contributed by atoms with Gasteiger partial charge >= 0.3 is 11.9 Å². The molecule has 234 valence electrons. The van der Waals surface area contributed by atoms with E-state index in [0.29, 0.717) is 47.4 Å². The van der Waals surface area contributed by atoms with Gasteiger partial charge in [0.25, 0.3) is 11.6 Å². The summed E-state index contributed by atoms with van der Waals surface area (Å²) in [6, 6.07) is 30.8. The van der Waals surface area contributed by atoms with Crippen molar-refractivity contribution >= 4 is 35.1 Å². The van der Waals surface area contributed by atoms with E-state index in [4.69, 9.17) is 42.1 Å². The van der Waals surface area contributed by atoms with Crippen LogP contribution in [0.15, 0.2) is 97.1 Å². The Labute approximate surface area is 276 Å². The Morgan fingerprint density at radius 1 is 0.652 bits per heavy atom. The van der Waals surface area contributed by atoms with Gasteiger partial charge < -0.3 is 18.9 Å². The van der Waals surface area contributed by atoms with Crippen LogP contribution in [0.2, 0.25) is 10.0 Å². The summed E-state index contributed by atoms with van der Waals surface area (Å²) in [4.78, 5) is 31.7. The average molecular weight is 658 g/mol. The highest BCUT2D eigenvalue weighted by Gasteiger charge is 2.57. The molecule has 8 rings (SSSR count). The summed E-state index contributed by atoms with van der Waals surface area (Å²) in [7, 11) is 0. The standard InChI is InChI=1S/C36H30Cl2N2O6/c37-25-11-13-29-27(15-25)31-19-39(17-23-7-3-1-4-8-23)21-35(29,43-31)45-33(41)34(42)46-36-22-40(18-24-9-5-2-6-10-24)20-32(44-36)28-16-26(38)12-14-30(28)36/h1-16,31-32H,17-22H2. The number of halogens is 2. The normalized spacial score (nSPS) is 26.3. The Morgan fingerprint density at radius 2 is 1.07 bits per heavy atom. The van der Waals surface area contributed by atoms with E-state index >= 15 is 0 Å². The molecule has 0 saturated carbocycles. The molecule has 10 heteroatoms. The number of carbonyl (C=O) groups is 2. The van der Waals surface area contributed by atoms with Gasteiger partial charge in [0.15, 0.2) is 0 Å². The third-order valence-corrected chi connectivity index (χ3v) is 9.57. The lowest BCUT2D eigenvalue weighted by Crippen LogP contribution is -2.52. The van der Waals surface area contributed by atoms with Crippen LogP contribution >= 0.6 is 23.2 Å². The van der Waals surface area contributed by atoms with Crippen molar-refractivity contribution < 1.29 is 28.5 Å². The zero-order valence-electron chi connectivity index (χ0n) is 24.7. The van der Waals surface area contributed by atoms with E-state index in [2.05, 4.69) is 9.80 Å². The molecule has 4 atom stereocenters. The quantitative estimate of drug-likeness (QED) is 0.178. The van der Waals surface area contributed by atoms with E-state index in [1.165, 1.54) is 0 Å². The first-order valence-electron chi connectivity index (χ1n) is 15.2. The molecule has 4 aromatic rings. The first-order valence-corrected chi connectivity index (χ1v) is 16.0. The monoisotopic (exact) mass is 656 g/mol. The highest BCUT2D eigenvalue weighted by Crippen LogP contribution is 2.51. The molecule has 0 N–H and O–H groups in total. The van der Waals surface area contributed by atoms with Crippen molar-refractivity contribution in [3.63, 3.8) is 0 Å². The van der Waals surface area contributed by atoms with Crippen molar-refractivity contribution in [3.8, 4) is 0 Å². The predicted octanol–water partition coefficient (Wildman–Crippen LogP) is 6.26. The second kappa shape index (κ2) is 11.5. The lowest BCUT2D eigenvalue weighted by molar-refractivity contribution is -0.290. The van der Waals surface area contributed by atoms with Crippen LogP contribution in [-0.2, 0) is 53.2 Å². The number of hydrogen-bond donors (Lipinski definition) is 0. The van der Waals surface area contributed by atoms with Crippen molar-refractivity contribution in [3.05, 3.63) is 140 Å². The molecule has 0 aliphatic carbocycles. The molecule has 2 fully saturated rings. The molecular formula is C36H30Cl2N2O6. The van der Waals surface area contributed by atoms with Crippen molar-refractivity contribution in [2.75, 3.05) is 26.2 Å². The zero-order valence-corrected chi connectivity index (χ0v) is 26.2. The molecule has 0 amide bonds. The smallest absolute Gasteiger partial charge is 0.419 e. The third kappa shape index (κ3) is 5.29. The van der Waals surface area contributed by atoms with Gasteiger partial charge in [-0.2, -0.15) is 0 Å². The maximum Gasteiger partial charge on any atom is 0.420 e. The maximum absolute atomic E-state index is 13.7. The van der Waals surface area contributed by atoms with Crippen LogP contribution in [0.25, 0.3) is 0 Å². The molecule has 46 heavy (non-hydrogen) atoms. The SMILES string of the molecule is O=C(OC12CN(Cc3ccccc3)CC(O1)c1cc(Cl)ccc12)C(=O)OC12CN(Cc3ccccc3)CC(O1)c1cc(Cl)ccc12. The first-order chi connectivity index (χ1) is 22.3. The molecule has 4 heterocycles. The molecular weight excluding hydrogens is 627 g/mol. The Hall–Kier alpha value is -3.76. The Balaban J connectivity index is 1.07. The summed E-state index contributed by atoms with van der Waals surface area (Å²) in [5.41, 5.74) is 5.21. The lowest BCUT2D eigenvalue weighted by Gasteiger charge is -2.41. The van der Waals surface area contributed by atoms with Crippen molar-refractivity contribution in [1.82, 2.24) is 9.80 Å². The maximum atomic E-state index is 13.7. The van der Waals surface area contributed by atoms with Crippen LogP contribution in [0.4, 0.5) is 0 Å². The summed E-state index contributed by atoms with van der Waals surface area (Å²) in [6.45, 7) is 2.81. The molecule has 4 unspecified atom stereocenters. The zero-order chi connectivity index (χ0) is 31.5. The summed E-state index contributed by atoms with van der Waals surface area (Å²) in [6.07, 6.45) is -0.789. The lowest BCUT2D eigenvalue weighted by atomic mass is 10.0.